The van der Waals surface area contributed by atoms with Crippen LogP contribution >= 0.6 is 34.5 Å². The van der Waals surface area contributed by atoms with E-state index in [0.29, 0.717) is 11.0 Å². The van der Waals surface area contributed by atoms with Crippen molar-refractivity contribution >= 4 is 34.5 Å². The molecular weight excluding hydrogens is 253 g/mol. The fraction of sp³-hybridized carbons (Fsp3) is 0.100. The number of nitrogens with zero attached hydrogens (tertiary/aromatic N) is 1. The van der Waals surface area contributed by atoms with Crippen molar-refractivity contribution in [1.29, 1.82) is 0 Å². The van der Waals surface area contributed by atoms with Gasteiger partial charge in [-0.3, -0.25) is 0 Å². The number of thiophene rings is 1. The molecule has 5 heteroatoms. The molecule has 15 heavy (non-hydrogen) atoms. The molecule has 2 aromatic rings. The summed E-state index contributed by atoms with van der Waals surface area (Å²) in [5, 5.41) is 0.411. The van der Waals surface area contributed by atoms with Crippen LogP contribution in [0.25, 0.3) is 10.4 Å². The lowest BCUT2D eigenvalue weighted by Crippen LogP contribution is -1.88. The first-order valence-electron chi connectivity index (χ1n) is 4.16. The van der Waals surface area contributed by atoms with Crippen LogP contribution in [0.4, 0.5) is 0 Å². The SMILES string of the molecule is COc1cc(-c2ccc(Cl)s2)cc(Cl)n1. The van der Waals surface area contributed by atoms with Gasteiger partial charge in [0.2, 0.25) is 5.88 Å². The normalized spacial score (nSPS) is 10.3. The monoisotopic (exact) mass is 259 g/mol. The molecule has 0 radical (unpaired) electrons. The van der Waals surface area contributed by atoms with Crippen LogP contribution in [0, 0.1) is 0 Å². The van der Waals surface area contributed by atoms with Gasteiger partial charge in [-0.05, 0) is 18.2 Å². The zero-order valence-electron chi connectivity index (χ0n) is 7.83. The van der Waals surface area contributed by atoms with Gasteiger partial charge in [0.05, 0.1) is 11.4 Å². The summed E-state index contributed by atoms with van der Waals surface area (Å²) in [4.78, 5) is 5.04. The highest BCUT2D eigenvalue weighted by molar-refractivity contribution is 7.19. The molecular formula is C10H7Cl2NOS. The van der Waals surface area contributed by atoms with Crippen LogP contribution in [0.3, 0.4) is 0 Å². The van der Waals surface area contributed by atoms with Gasteiger partial charge in [0.15, 0.2) is 0 Å². The van der Waals surface area contributed by atoms with Gasteiger partial charge in [-0.1, -0.05) is 23.2 Å². The fourth-order valence-corrected chi connectivity index (χ4v) is 2.42. The molecule has 0 aliphatic rings. The molecule has 0 saturated heterocycles. The number of aromatic nitrogens is 1. The first kappa shape index (κ1) is 10.7. The van der Waals surface area contributed by atoms with Crippen molar-refractivity contribution in [1.82, 2.24) is 4.98 Å². The number of pyridine rings is 1. The molecule has 0 atom stereocenters. The Labute approximate surface area is 101 Å². The summed E-state index contributed by atoms with van der Waals surface area (Å²) in [7, 11) is 1.56. The second-order valence-electron chi connectivity index (χ2n) is 2.82. The van der Waals surface area contributed by atoms with Gasteiger partial charge in [-0.2, -0.15) is 0 Å². The lowest BCUT2D eigenvalue weighted by molar-refractivity contribution is 0.398. The summed E-state index contributed by atoms with van der Waals surface area (Å²) in [6.45, 7) is 0. The Morgan fingerprint density at radius 3 is 2.67 bits per heavy atom. The van der Waals surface area contributed by atoms with Gasteiger partial charge in [-0.15, -0.1) is 11.3 Å². The number of hydrogen-bond acceptors (Lipinski definition) is 3. The summed E-state index contributed by atoms with van der Waals surface area (Å²) in [5.41, 5.74) is 0.962. The van der Waals surface area contributed by atoms with Crippen molar-refractivity contribution in [3.05, 3.63) is 33.8 Å². The Morgan fingerprint density at radius 1 is 1.27 bits per heavy atom. The highest BCUT2D eigenvalue weighted by Crippen LogP contribution is 2.33. The van der Waals surface area contributed by atoms with Crippen molar-refractivity contribution in [3.8, 4) is 16.3 Å². The van der Waals surface area contributed by atoms with E-state index in [1.807, 2.05) is 18.2 Å². The maximum atomic E-state index is 5.87. The lowest BCUT2D eigenvalue weighted by atomic mass is 10.2. The van der Waals surface area contributed by atoms with E-state index >= 15 is 0 Å². The average molecular weight is 260 g/mol. The molecule has 0 saturated carbocycles. The molecule has 0 spiro atoms. The minimum absolute atomic E-state index is 0.411. The van der Waals surface area contributed by atoms with Crippen LogP contribution in [0.15, 0.2) is 24.3 Å². The molecule has 0 aromatic carbocycles. The Morgan fingerprint density at radius 2 is 2.07 bits per heavy atom. The topological polar surface area (TPSA) is 22.1 Å². The lowest BCUT2D eigenvalue weighted by Gasteiger charge is -2.02. The standard InChI is InChI=1S/C10H7Cl2NOS/c1-14-10-5-6(4-8(11)13-10)7-2-3-9(12)15-7/h2-5H,1H3. The van der Waals surface area contributed by atoms with E-state index in [0.717, 1.165) is 14.8 Å². The van der Waals surface area contributed by atoms with Crippen LogP contribution in [0.1, 0.15) is 0 Å². The maximum absolute atomic E-state index is 5.87. The van der Waals surface area contributed by atoms with Crippen LogP contribution in [-0.2, 0) is 0 Å². The van der Waals surface area contributed by atoms with Gasteiger partial charge in [0.1, 0.15) is 5.15 Å². The van der Waals surface area contributed by atoms with Crippen molar-refractivity contribution < 1.29 is 4.74 Å². The molecule has 2 aromatic heterocycles. The molecule has 2 rings (SSSR count). The van der Waals surface area contributed by atoms with Gasteiger partial charge >= 0.3 is 0 Å². The third-order valence-corrected chi connectivity index (χ3v) is 3.31. The smallest absolute Gasteiger partial charge is 0.215 e. The predicted octanol–water partition coefficient (Wildman–Crippen LogP) is 4.13. The summed E-state index contributed by atoms with van der Waals surface area (Å²) >= 11 is 13.2. The second-order valence-corrected chi connectivity index (χ2v) is 4.93. The summed E-state index contributed by atoms with van der Waals surface area (Å²) in [5.74, 6) is 0.502. The highest BCUT2D eigenvalue weighted by atomic mass is 35.5. The van der Waals surface area contributed by atoms with Crippen molar-refractivity contribution in [2.75, 3.05) is 7.11 Å². The molecule has 0 amide bonds. The van der Waals surface area contributed by atoms with E-state index in [4.69, 9.17) is 27.9 Å². The quantitative estimate of drug-likeness (QED) is 0.757. The molecule has 78 valence electrons. The van der Waals surface area contributed by atoms with Crippen LogP contribution in [-0.4, -0.2) is 12.1 Å². The highest BCUT2D eigenvalue weighted by Gasteiger charge is 2.06. The summed E-state index contributed by atoms with van der Waals surface area (Å²) < 4.78 is 5.79. The van der Waals surface area contributed by atoms with E-state index in [9.17, 15) is 0 Å². The molecule has 2 nitrogen and oxygen atoms in total. The zero-order valence-corrected chi connectivity index (χ0v) is 10.2. The van der Waals surface area contributed by atoms with E-state index in [1.165, 1.54) is 11.3 Å². The van der Waals surface area contributed by atoms with Crippen molar-refractivity contribution in [2.24, 2.45) is 0 Å². The number of methoxy groups -OCH3 is 1. The summed E-state index contributed by atoms with van der Waals surface area (Å²) in [6.07, 6.45) is 0. The van der Waals surface area contributed by atoms with Crippen molar-refractivity contribution in [3.63, 3.8) is 0 Å². The molecule has 2 heterocycles. The average Bonchev–Trinajstić information content (AvgIpc) is 2.64. The van der Waals surface area contributed by atoms with Gasteiger partial charge in [0, 0.05) is 16.5 Å². The first-order chi connectivity index (χ1) is 7.19. The molecule has 0 aliphatic carbocycles. The minimum atomic E-state index is 0.411. The number of hydrogen-bond donors (Lipinski definition) is 0. The van der Waals surface area contributed by atoms with E-state index < -0.39 is 0 Å². The Balaban J connectivity index is 2.48. The van der Waals surface area contributed by atoms with Crippen LogP contribution < -0.4 is 4.74 Å². The van der Waals surface area contributed by atoms with E-state index in [1.54, 1.807) is 13.2 Å². The predicted molar refractivity (Wildman–Crippen MR) is 64.1 cm³/mol. The number of halogens is 2. The Kier molecular flexibility index (Phi) is 3.14. The third-order valence-electron chi connectivity index (χ3n) is 1.84. The molecule has 0 bridgehead atoms. The Hall–Kier alpha value is -0.770. The zero-order chi connectivity index (χ0) is 10.8. The fourth-order valence-electron chi connectivity index (χ4n) is 1.19. The van der Waals surface area contributed by atoms with Gasteiger partial charge < -0.3 is 4.74 Å². The third kappa shape index (κ3) is 2.43. The molecule has 0 N–H and O–H groups in total. The summed E-state index contributed by atoms with van der Waals surface area (Å²) in [6, 6.07) is 7.40. The van der Waals surface area contributed by atoms with Crippen molar-refractivity contribution in [2.45, 2.75) is 0 Å². The number of ether oxygens (including phenoxy) is 1. The Bertz CT molecular complexity index is 484. The van der Waals surface area contributed by atoms with E-state index in [-0.39, 0.29) is 0 Å². The van der Waals surface area contributed by atoms with Gasteiger partial charge in [0.25, 0.3) is 0 Å². The minimum Gasteiger partial charge on any atom is -0.481 e. The van der Waals surface area contributed by atoms with Crippen LogP contribution in [0.2, 0.25) is 9.49 Å². The van der Waals surface area contributed by atoms with E-state index in [2.05, 4.69) is 4.98 Å². The molecule has 0 unspecified atom stereocenters. The second kappa shape index (κ2) is 4.39. The van der Waals surface area contributed by atoms with Gasteiger partial charge in [-0.25, -0.2) is 4.98 Å². The first-order valence-corrected chi connectivity index (χ1v) is 5.73. The largest absolute Gasteiger partial charge is 0.481 e. The van der Waals surface area contributed by atoms with Crippen LogP contribution in [0.5, 0.6) is 5.88 Å². The molecule has 0 aliphatic heterocycles. The molecule has 0 fully saturated rings. The maximum Gasteiger partial charge on any atom is 0.215 e. The number of rotatable bonds is 2.